The first kappa shape index (κ1) is 21.5. The van der Waals surface area contributed by atoms with Crippen LogP contribution in [0.3, 0.4) is 0 Å². The molecular weight excluding hydrogens is 334 g/mol. The first-order valence-electron chi connectivity index (χ1n) is 8.10. The number of aryl methyl sites for hydroxylation is 1. The van der Waals surface area contributed by atoms with Crippen molar-refractivity contribution in [2.24, 2.45) is 11.3 Å². The standard InChI is InChI=1S/C15H27N3O7/c19-5-12(6-20)7-25-11-15(9-21,10-22)8-18-4-13(16-17-18)2-1-3-14(23)24/h4,12,19-22H,1-3,5-11H2,(H,23,24). The summed E-state index contributed by atoms with van der Waals surface area (Å²) in [6, 6.07) is 0. The minimum Gasteiger partial charge on any atom is -0.481 e. The third-order valence-electron chi connectivity index (χ3n) is 3.86. The molecule has 0 saturated heterocycles. The van der Waals surface area contributed by atoms with E-state index in [1.807, 2.05) is 0 Å². The zero-order chi connectivity index (χ0) is 18.7. The topological polar surface area (TPSA) is 158 Å². The van der Waals surface area contributed by atoms with E-state index in [1.165, 1.54) is 4.68 Å². The smallest absolute Gasteiger partial charge is 0.303 e. The third-order valence-corrected chi connectivity index (χ3v) is 3.86. The summed E-state index contributed by atoms with van der Waals surface area (Å²) < 4.78 is 6.90. The van der Waals surface area contributed by atoms with Crippen molar-refractivity contribution in [3.8, 4) is 0 Å². The molecule has 0 fully saturated rings. The average molecular weight is 361 g/mol. The van der Waals surface area contributed by atoms with Gasteiger partial charge in [-0.25, -0.2) is 0 Å². The second-order valence-electron chi connectivity index (χ2n) is 6.22. The number of ether oxygens (including phenoxy) is 1. The minimum atomic E-state index is -0.985. The van der Waals surface area contributed by atoms with E-state index in [9.17, 15) is 15.0 Å². The number of hydrogen-bond acceptors (Lipinski definition) is 8. The second kappa shape index (κ2) is 11.1. The van der Waals surface area contributed by atoms with Crippen molar-refractivity contribution in [3.05, 3.63) is 11.9 Å². The Morgan fingerprint density at radius 1 is 1.24 bits per heavy atom. The summed E-state index contributed by atoms with van der Waals surface area (Å²) in [7, 11) is 0. The van der Waals surface area contributed by atoms with Gasteiger partial charge in [0.15, 0.2) is 0 Å². The molecule has 10 heteroatoms. The lowest BCUT2D eigenvalue weighted by Gasteiger charge is -2.29. The van der Waals surface area contributed by atoms with Gasteiger partial charge in [-0.15, -0.1) is 5.10 Å². The molecule has 144 valence electrons. The molecule has 1 aromatic rings. The Kier molecular flexibility index (Phi) is 9.53. The molecule has 0 aliphatic carbocycles. The average Bonchev–Trinajstić information content (AvgIpc) is 3.04. The number of aliphatic hydroxyl groups excluding tert-OH is 4. The summed E-state index contributed by atoms with van der Waals surface area (Å²) in [4.78, 5) is 10.5. The van der Waals surface area contributed by atoms with Crippen LogP contribution in [0.4, 0.5) is 0 Å². The highest BCUT2D eigenvalue weighted by Gasteiger charge is 2.31. The summed E-state index contributed by atoms with van der Waals surface area (Å²) >= 11 is 0. The summed E-state index contributed by atoms with van der Waals surface area (Å²) in [5.74, 6) is -1.28. The molecule has 5 N–H and O–H groups in total. The molecule has 0 unspecified atom stereocenters. The van der Waals surface area contributed by atoms with Gasteiger partial charge < -0.3 is 30.3 Å². The SMILES string of the molecule is O=C(O)CCCc1cn(CC(CO)(CO)COCC(CO)CO)nn1. The van der Waals surface area contributed by atoms with E-state index in [-0.39, 0.29) is 52.6 Å². The first-order chi connectivity index (χ1) is 12.0. The lowest BCUT2D eigenvalue weighted by Crippen LogP contribution is -2.40. The summed E-state index contributed by atoms with van der Waals surface area (Å²) in [6.45, 7) is -0.845. The zero-order valence-corrected chi connectivity index (χ0v) is 14.1. The van der Waals surface area contributed by atoms with Gasteiger partial charge in [0.2, 0.25) is 0 Å². The molecule has 1 heterocycles. The fourth-order valence-corrected chi connectivity index (χ4v) is 2.19. The Morgan fingerprint density at radius 2 is 1.92 bits per heavy atom. The van der Waals surface area contributed by atoms with Crippen LogP contribution >= 0.6 is 0 Å². The zero-order valence-electron chi connectivity index (χ0n) is 14.1. The number of aliphatic carboxylic acids is 1. The van der Waals surface area contributed by atoms with Gasteiger partial charge in [0.1, 0.15) is 0 Å². The number of aliphatic hydroxyl groups is 4. The van der Waals surface area contributed by atoms with Crippen LogP contribution in [0.25, 0.3) is 0 Å². The van der Waals surface area contributed by atoms with E-state index in [1.54, 1.807) is 6.20 Å². The van der Waals surface area contributed by atoms with Gasteiger partial charge in [-0.05, 0) is 12.8 Å². The highest BCUT2D eigenvalue weighted by molar-refractivity contribution is 5.66. The second-order valence-corrected chi connectivity index (χ2v) is 6.22. The molecule has 0 aromatic carbocycles. The number of nitrogens with zero attached hydrogens (tertiary/aromatic N) is 3. The quantitative estimate of drug-likeness (QED) is 0.260. The molecule has 0 amide bonds. The summed E-state index contributed by atoms with van der Waals surface area (Å²) in [6.07, 6.45) is 2.62. The Balaban J connectivity index is 2.58. The van der Waals surface area contributed by atoms with Crippen molar-refractivity contribution in [2.45, 2.75) is 25.8 Å². The molecule has 0 bridgehead atoms. The van der Waals surface area contributed by atoms with E-state index in [2.05, 4.69) is 10.3 Å². The maximum atomic E-state index is 10.5. The van der Waals surface area contributed by atoms with Crippen LogP contribution in [0.15, 0.2) is 6.20 Å². The van der Waals surface area contributed by atoms with Crippen molar-refractivity contribution in [2.75, 3.05) is 39.6 Å². The molecular formula is C15H27N3O7. The Bertz CT molecular complexity index is 501. The van der Waals surface area contributed by atoms with E-state index in [4.69, 9.17) is 20.1 Å². The predicted molar refractivity (Wildman–Crippen MR) is 85.7 cm³/mol. The number of carboxylic acids is 1. The molecule has 0 spiro atoms. The molecule has 25 heavy (non-hydrogen) atoms. The van der Waals surface area contributed by atoms with E-state index >= 15 is 0 Å². The van der Waals surface area contributed by atoms with Crippen LogP contribution in [0, 0.1) is 11.3 Å². The van der Waals surface area contributed by atoms with Gasteiger partial charge in [-0.3, -0.25) is 9.48 Å². The highest BCUT2D eigenvalue weighted by Crippen LogP contribution is 2.20. The molecule has 0 atom stereocenters. The Labute approximate surface area is 145 Å². The van der Waals surface area contributed by atoms with Gasteiger partial charge in [0, 0.05) is 18.5 Å². The molecule has 1 rings (SSSR count). The normalized spacial score (nSPS) is 12.0. The van der Waals surface area contributed by atoms with Crippen molar-refractivity contribution in [1.29, 1.82) is 0 Å². The maximum absolute atomic E-state index is 10.5. The number of carbonyl (C=O) groups is 1. The largest absolute Gasteiger partial charge is 0.481 e. The van der Waals surface area contributed by atoms with Crippen molar-refractivity contribution in [3.63, 3.8) is 0 Å². The van der Waals surface area contributed by atoms with Crippen LogP contribution in [0.5, 0.6) is 0 Å². The molecule has 0 aliphatic heterocycles. The van der Waals surface area contributed by atoms with Crippen LogP contribution in [0.2, 0.25) is 0 Å². The van der Waals surface area contributed by atoms with Crippen LogP contribution < -0.4 is 0 Å². The maximum Gasteiger partial charge on any atom is 0.303 e. The number of hydrogen-bond donors (Lipinski definition) is 5. The van der Waals surface area contributed by atoms with Crippen LogP contribution in [-0.4, -0.2) is 86.1 Å². The van der Waals surface area contributed by atoms with Crippen molar-refractivity contribution in [1.82, 2.24) is 15.0 Å². The van der Waals surface area contributed by atoms with Gasteiger partial charge in [-0.1, -0.05) is 5.21 Å². The summed E-state index contributed by atoms with van der Waals surface area (Å²) in [5.41, 5.74) is -0.353. The van der Waals surface area contributed by atoms with Crippen LogP contribution in [-0.2, 0) is 22.5 Å². The fraction of sp³-hybridized carbons (Fsp3) is 0.800. The van der Waals surface area contributed by atoms with Gasteiger partial charge in [-0.2, -0.15) is 0 Å². The minimum absolute atomic E-state index is 0.0186. The number of aromatic nitrogens is 3. The fourth-order valence-electron chi connectivity index (χ4n) is 2.19. The molecule has 10 nitrogen and oxygen atoms in total. The third kappa shape index (κ3) is 7.45. The monoisotopic (exact) mass is 361 g/mol. The predicted octanol–water partition coefficient (Wildman–Crippen LogP) is -1.73. The van der Waals surface area contributed by atoms with Gasteiger partial charge in [0.05, 0.1) is 57.3 Å². The lowest BCUT2D eigenvalue weighted by molar-refractivity contribution is -0.137. The van der Waals surface area contributed by atoms with Gasteiger partial charge >= 0.3 is 5.97 Å². The van der Waals surface area contributed by atoms with Crippen molar-refractivity contribution >= 4 is 5.97 Å². The van der Waals surface area contributed by atoms with Crippen molar-refractivity contribution < 1.29 is 35.1 Å². The summed E-state index contributed by atoms with van der Waals surface area (Å²) in [5, 5.41) is 53.9. The number of carboxylic acid groups (broad SMARTS) is 1. The molecule has 1 aromatic heterocycles. The highest BCUT2D eigenvalue weighted by atomic mass is 16.5. The first-order valence-corrected chi connectivity index (χ1v) is 8.10. The Hall–Kier alpha value is -1.59. The van der Waals surface area contributed by atoms with Crippen LogP contribution in [0.1, 0.15) is 18.5 Å². The van der Waals surface area contributed by atoms with E-state index < -0.39 is 17.3 Å². The lowest BCUT2D eigenvalue weighted by atomic mass is 9.91. The van der Waals surface area contributed by atoms with E-state index in [0.29, 0.717) is 18.5 Å². The Morgan fingerprint density at radius 3 is 2.48 bits per heavy atom. The number of rotatable bonds is 14. The van der Waals surface area contributed by atoms with Gasteiger partial charge in [0.25, 0.3) is 0 Å². The molecule has 0 saturated carbocycles. The molecule has 0 radical (unpaired) electrons. The van der Waals surface area contributed by atoms with E-state index in [0.717, 1.165) is 0 Å². The molecule has 0 aliphatic rings.